The number of nitrogens with two attached hydrogens (primary N) is 1. The van der Waals surface area contributed by atoms with E-state index in [2.05, 4.69) is 12.2 Å². The molecule has 1 aliphatic rings. The number of rotatable bonds is 4. The summed E-state index contributed by atoms with van der Waals surface area (Å²) in [7, 11) is 0. The standard InChI is InChI=1S/C16H23FN2O2/c1-10-4-3-5-13(8-10)21-11(2)16(20)19-12-6-7-14(17)15(18)9-12/h6-7,9-11,13H,3-5,8,18H2,1-2H3,(H,19,20). The molecule has 0 bridgehead atoms. The van der Waals surface area contributed by atoms with E-state index < -0.39 is 11.9 Å². The van der Waals surface area contributed by atoms with Crippen LogP contribution in [-0.4, -0.2) is 18.1 Å². The Balaban J connectivity index is 1.88. The van der Waals surface area contributed by atoms with Gasteiger partial charge < -0.3 is 15.8 Å². The molecule has 0 heterocycles. The first-order valence-corrected chi connectivity index (χ1v) is 7.47. The first-order valence-electron chi connectivity index (χ1n) is 7.47. The van der Waals surface area contributed by atoms with Gasteiger partial charge in [-0.3, -0.25) is 4.79 Å². The lowest BCUT2D eigenvalue weighted by molar-refractivity contribution is -0.131. The van der Waals surface area contributed by atoms with Gasteiger partial charge in [0.15, 0.2) is 0 Å². The number of nitrogen functional groups attached to an aromatic ring is 1. The molecule has 0 radical (unpaired) electrons. The number of benzene rings is 1. The van der Waals surface area contributed by atoms with Gasteiger partial charge in [0.25, 0.3) is 5.91 Å². The minimum Gasteiger partial charge on any atom is -0.396 e. The molecule has 1 saturated carbocycles. The highest BCUT2D eigenvalue weighted by Gasteiger charge is 2.24. The van der Waals surface area contributed by atoms with Crippen LogP contribution in [0.3, 0.4) is 0 Å². The summed E-state index contributed by atoms with van der Waals surface area (Å²) in [6.45, 7) is 3.95. The van der Waals surface area contributed by atoms with Gasteiger partial charge >= 0.3 is 0 Å². The molecule has 4 nitrogen and oxygen atoms in total. The number of nitrogens with one attached hydrogen (secondary N) is 1. The van der Waals surface area contributed by atoms with Crippen molar-refractivity contribution in [3.8, 4) is 0 Å². The van der Waals surface area contributed by atoms with E-state index in [-0.39, 0.29) is 17.7 Å². The Morgan fingerprint density at radius 2 is 2.24 bits per heavy atom. The Kier molecular flexibility index (Phi) is 5.17. The molecule has 2 rings (SSSR count). The molecule has 3 unspecified atom stereocenters. The topological polar surface area (TPSA) is 64.3 Å². The quantitative estimate of drug-likeness (QED) is 0.837. The smallest absolute Gasteiger partial charge is 0.253 e. The minimum atomic E-state index is -0.536. The van der Waals surface area contributed by atoms with E-state index in [1.165, 1.54) is 24.6 Å². The van der Waals surface area contributed by atoms with Gasteiger partial charge in [0.05, 0.1) is 11.8 Å². The maximum atomic E-state index is 13.1. The number of hydrogen-bond acceptors (Lipinski definition) is 3. The first-order chi connectivity index (χ1) is 9.95. The predicted octanol–water partition coefficient (Wildman–Crippen LogP) is 3.33. The molecule has 0 spiro atoms. The van der Waals surface area contributed by atoms with Crippen LogP contribution in [0.2, 0.25) is 0 Å². The zero-order valence-corrected chi connectivity index (χ0v) is 12.6. The van der Waals surface area contributed by atoms with Crippen molar-refractivity contribution in [3.05, 3.63) is 24.0 Å². The monoisotopic (exact) mass is 294 g/mol. The first kappa shape index (κ1) is 15.8. The molecule has 1 aromatic rings. The average molecular weight is 294 g/mol. The Bertz CT molecular complexity index is 507. The summed E-state index contributed by atoms with van der Waals surface area (Å²) in [5, 5.41) is 2.70. The lowest BCUT2D eigenvalue weighted by Gasteiger charge is -2.29. The van der Waals surface area contributed by atoms with E-state index in [0.717, 1.165) is 19.3 Å². The van der Waals surface area contributed by atoms with Gasteiger partial charge in [0.2, 0.25) is 0 Å². The Morgan fingerprint density at radius 3 is 2.90 bits per heavy atom. The average Bonchev–Trinajstić information content (AvgIpc) is 2.43. The Labute approximate surface area is 124 Å². The third-order valence-electron chi connectivity index (χ3n) is 3.92. The maximum absolute atomic E-state index is 13.1. The molecule has 21 heavy (non-hydrogen) atoms. The molecule has 3 N–H and O–H groups in total. The van der Waals surface area contributed by atoms with Crippen LogP contribution in [0.25, 0.3) is 0 Å². The molecule has 3 atom stereocenters. The molecule has 1 aliphatic carbocycles. The number of halogens is 1. The van der Waals surface area contributed by atoms with Gasteiger partial charge in [0, 0.05) is 5.69 Å². The van der Waals surface area contributed by atoms with Crippen molar-refractivity contribution in [2.45, 2.75) is 51.7 Å². The van der Waals surface area contributed by atoms with E-state index in [4.69, 9.17) is 10.5 Å². The van der Waals surface area contributed by atoms with Crippen molar-refractivity contribution < 1.29 is 13.9 Å². The highest BCUT2D eigenvalue weighted by atomic mass is 19.1. The second-order valence-electron chi connectivity index (χ2n) is 5.90. The Hall–Kier alpha value is -1.62. The van der Waals surface area contributed by atoms with Gasteiger partial charge in [-0.25, -0.2) is 4.39 Å². The van der Waals surface area contributed by atoms with Gasteiger partial charge in [-0.15, -0.1) is 0 Å². The van der Waals surface area contributed by atoms with Crippen LogP contribution in [0.1, 0.15) is 39.5 Å². The zero-order chi connectivity index (χ0) is 15.4. The number of anilines is 2. The van der Waals surface area contributed by atoms with E-state index in [9.17, 15) is 9.18 Å². The second kappa shape index (κ2) is 6.89. The molecule has 1 aromatic carbocycles. The second-order valence-corrected chi connectivity index (χ2v) is 5.90. The van der Waals surface area contributed by atoms with E-state index in [1.54, 1.807) is 6.92 Å². The predicted molar refractivity (Wildman–Crippen MR) is 81.4 cm³/mol. The van der Waals surface area contributed by atoms with Crippen LogP contribution in [0.5, 0.6) is 0 Å². The van der Waals surface area contributed by atoms with Gasteiger partial charge in [-0.2, -0.15) is 0 Å². The summed E-state index contributed by atoms with van der Waals surface area (Å²) in [5.41, 5.74) is 5.97. The largest absolute Gasteiger partial charge is 0.396 e. The fraction of sp³-hybridized carbons (Fsp3) is 0.562. The SMILES string of the molecule is CC1CCCC(OC(C)C(=O)Nc2ccc(F)c(N)c2)C1. The zero-order valence-electron chi connectivity index (χ0n) is 12.6. The van der Waals surface area contributed by atoms with Crippen molar-refractivity contribution in [3.63, 3.8) is 0 Å². The summed E-state index contributed by atoms with van der Waals surface area (Å²) in [4.78, 5) is 12.1. The highest BCUT2D eigenvalue weighted by Crippen LogP contribution is 2.26. The van der Waals surface area contributed by atoms with Crippen LogP contribution in [-0.2, 0) is 9.53 Å². The van der Waals surface area contributed by atoms with Crippen LogP contribution in [0, 0.1) is 11.7 Å². The third kappa shape index (κ3) is 4.43. The summed E-state index contributed by atoms with van der Waals surface area (Å²) in [6.07, 6.45) is 4.00. The molecule has 1 fully saturated rings. The van der Waals surface area contributed by atoms with E-state index in [0.29, 0.717) is 11.6 Å². The lowest BCUT2D eigenvalue weighted by atomic mass is 9.88. The van der Waals surface area contributed by atoms with Crippen molar-refractivity contribution in [1.29, 1.82) is 0 Å². The normalized spacial score (nSPS) is 23.6. The third-order valence-corrected chi connectivity index (χ3v) is 3.92. The molecule has 0 saturated heterocycles. The van der Waals surface area contributed by atoms with Gasteiger partial charge in [0.1, 0.15) is 11.9 Å². The Morgan fingerprint density at radius 1 is 1.48 bits per heavy atom. The molecule has 116 valence electrons. The summed E-state index contributed by atoms with van der Waals surface area (Å²) in [5.74, 6) is -0.0800. The fourth-order valence-corrected chi connectivity index (χ4v) is 2.72. The number of carbonyl (C=O) groups excluding carboxylic acids is 1. The van der Waals surface area contributed by atoms with Crippen molar-refractivity contribution >= 4 is 17.3 Å². The van der Waals surface area contributed by atoms with Crippen molar-refractivity contribution in [2.24, 2.45) is 5.92 Å². The van der Waals surface area contributed by atoms with E-state index >= 15 is 0 Å². The summed E-state index contributed by atoms with van der Waals surface area (Å²) < 4.78 is 18.9. The molecular weight excluding hydrogens is 271 g/mol. The summed E-state index contributed by atoms with van der Waals surface area (Å²) in [6, 6.07) is 4.13. The fourth-order valence-electron chi connectivity index (χ4n) is 2.72. The molecular formula is C16H23FN2O2. The lowest BCUT2D eigenvalue weighted by Crippen LogP contribution is -2.33. The number of amides is 1. The number of ether oxygens (including phenoxy) is 1. The van der Waals surface area contributed by atoms with Crippen molar-refractivity contribution in [2.75, 3.05) is 11.1 Å². The summed E-state index contributed by atoms with van der Waals surface area (Å²) >= 11 is 0. The number of carbonyl (C=O) groups is 1. The molecule has 0 aromatic heterocycles. The number of hydrogen-bond donors (Lipinski definition) is 2. The van der Waals surface area contributed by atoms with Crippen LogP contribution in [0.4, 0.5) is 15.8 Å². The molecule has 5 heteroatoms. The highest BCUT2D eigenvalue weighted by molar-refractivity contribution is 5.94. The maximum Gasteiger partial charge on any atom is 0.253 e. The van der Waals surface area contributed by atoms with Crippen molar-refractivity contribution in [1.82, 2.24) is 0 Å². The molecule has 1 amide bonds. The van der Waals surface area contributed by atoms with Crippen LogP contribution >= 0.6 is 0 Å². The van der Waals surface area contributed by atoms with Gasteiger partial charge in [-0.1, -0.05) is 19.8 Å². The van der Waals surface area contributed by atoms with Crippen LogP contribution < -0.4 is 11.1 Å². The van der Waals surface area contributed by atoms with Gasteiger partial charge in [-0.05, 0) is 43.9 Å². The molecule has 0 aliphatic heterocycles. The minimum absolute atomic E-state index is 0.0162. The van der Waals surface area contributed by atoms with Crippen LogP contribution in [0.15, 0.2) is 18.2 Å². The van der Waals surface area contributed by atoms with E-state index in [1.807, 2.05) is 0 Å².